The Morgan fingerprint density at radius 1 is 1.38 bits per heavy atom. The maximum atomic E-state index is 11.2. The van der Waals surface area contributed by atoms with Gasteiger partial charge in [-0.05, 0) is 23.0 Å². The molecule has 1 saturated carbocycles. The molecule has 1 aliphatic heterocycles. The van der Waals surface area contributed by atoms with Crippen LogP contribution in [0, 0.1) is 5.41 Å². The second kappa shape index (κ2) is 5.65. The maximum absolute atomic E-state index is 11.2. The maximum Gasteiger partial charge on any atom is 0.223 e. The summed E-state index contributed by atoms with van der Waals surface area (Å²) in [4.78, 5) is 18.7. The summed E-state index contributed by atoms with van der Waals surface area (Å²) >= 11 is 0. The number of imidazole rings is 1. The number of nitrogens with one attached hydrogen (secondary N) is 2. The van der Waals surface area contributed by atoms with Crippen molar-refractivity contribution in [3.63, 3.8) is 0 Å². The quantitative estimate of drug-likeness (QED) is 0.900. The molecule has 128 valence electrons. The predicted octanol–water partition coefficient (Wildman–Crippen LogP) is 3.85. The van der Waals surface area contributed by atoms with Crippen LogP contribution in [-0.2, 0) is 11.2 Å². The summed E-state index contributed by atoms with van der Waals surface area (Å²) in [6, 6.07) is 6.37. The number of ether oxygens (including phenoxy) is 1. The lowest BCUT2D eigenvalue weighted by atomic mass is 9.96. The van der Waals surface area contributed by atoms with Crippen molar-refractivity contribution in [1.82, 2.24) is 9.97 Å². The highest BCUT2D eigenvalue weighted by Gasteiger charge is 2.60. The number of carbonyl (C=O) groups excluding carboxylic acids is 1. The molecule has 1 amide bonds. The Bertz CT molecular complexity index is 779. The van der Waals surface area contributed by atoms with Gasteiger partial charge in [0.15, 0.2) is 0 Å². The Balaban J connectivity index is 0.00000169. The van der Waals surface area contributed by atoms with Crippen molar-refractivity contribution in [3.8, 4) is 5.75 Å². The summed E-state index contributed by atoms with van der Waals surface area (Å²) < 4.78 is 5.71. The zero-order valence-corrected chi connectivity index (χ0v) is 13.6. The number of carbonyl (C=O) groups is 1. The Morgan fingerprint density at radius 3 is 2.92 bits per heavy atom. The number of hydrogen-bond acceptors (Lipinski definition) is 3. The standard InChI is InChI=1S/C18H21N3O2.CH4/c1-10(22)20-17-19-9-13(21-17)16-15(18(16,2)3)12-5-4-6-14-11(12)7-8-23-14;/h4-6,9,15-16H,7-8H2,1-3H3,(H2,19,20,21,22);1H4/t15-,16-;/m1./s1. The minimum atomic E-state index is -0.115. The normalized spacial score (nSPS) is 23.0. The van der Waals surface area contributed by atoms with Crippen molar-refractivity contribution in [2.24, 2.45) is 5.41 Å². The SMILES string of the molecule is C.CC(=O)Nc1ncc([C@@H]2[C@@H](c3cccc4c3CCO4)C2(C)C)[nH]1. The third kappa shape index (κ3) is 2.48. The lowest BCUT2D eigenvalue weighted by molar-refractivity contribution is -0.114. The molecule has 0 radical (unpaired) electrons. The number of aromatic amines is 1. The van der Waals surface area contributed by atoms with E-state index in [2.05, 4.69) is 47.3 Å². The first-order chi connectivity index (χ1) is 11.0. The van der Waals surface area contributed by atoms with Gasteiger partial charge in [-0.1, -0.05) is 33.4 Å². The van der Waals surface area contributed by atoms with Crippen LogP contribution in [-0.4, -0.2) is 22.5 Å². The molecule has 1 aromatic heterocycles. The van der Waals surface area contributed by atoms with Crippen molar-refractivity contribution < 1.29 is 9.53 Å². The summed E-state index contributed by atoms with van der Waals surface area (Å²) in [5, 5.41) is 2.71. The van der Waals surface area contributed by atoms with Crippen LogP contribution in [0.15, 0.2) is 24.4 Å². The summed E-state index contributed by atoms with van der Waals surface area (Å²) in [5.74, 6) is 2.27. The Hall–Kier alpha value is -2.30. The smallest absolute Gasteiger partial charge is 0.223 e. The monoisotopic (exact) mass is 327 g/mol. The Labute approximate surface area is 142 Å². The van der Waals surface area contributed by atoms with Gasteiger partial charge in [-0.2, -0.15) is 0 Å². The van der Waals surface area contributed by atoms with Gasteiger partial charge < -0.3 is 9.72 Å². The molecular weight excluding hydrogens is 302 g/mol. The van der Waals surface area contributed by atoms with Gasteiger partial charge in [0.1, 0.15) is 5.75 Å². The number of anilines is 1. The fourth-order valence-corrected chi connectivity index (χ4v) is 4.06. The minimum absolute atomic E-state index is 0. The van der Waals surface area contributed by atoms with E-state index >= 15 is 0 Å². The number of aromatic nitrogens is 2. The zero-order valence-electron chi connectivity index (χ0n) is 13.6. The third-order valence-electron chi connectivity index (χ3n) is 5.17. The van der Waals surface area contributed by atoms with Crippen molar-refractivity contribution >= 4 is 11.9 Å². The summed E-state index contributed by atoms with van der Waals surface area (Å²) in [6.45, 7) is 6.84. The number of hydrogen-bond donors (Lipinski definition) is 2. The van der Waals surface area contributed by atoms with Crippen LogP contribution < -0.4 is 10.1 Å². The summed E-state index contributed by atoms with van der Waals surface area (Å²) in [6.07, 6.45) is 2.84. The van der Waals surface area contributed by atoms with Gasteiger partial charge in [-0.3, -0.25) is 10.1 Å². The van der Waals surface area contributed by atoms with Crippen LogP contribution in [0.2, 0.25) is 0 Å². The van der Waals surface area contributed by atoms with E-state index in [4.69, 9.17) is 4.74 Å². The van der Waals surface area contributed by atoms with Crippen molar-refractivity contribution in [3.05, 3.63) is 41.2 Å². The van der Waals surface area contributed by atoms with Crippen LogP contribution in [0.25, 0.3) is 0 Å². The van der Waals surface area contributed by atoms with Crippen LogP contribution in [0.5, 0.6) is 5.75 Å². The van der Waals surface area contributed by atoms with E-state index in [1.807, 2.05) is 6.20 Å². The van der Waals surface area contributed by atoms with E-state index in [0.29, 0.717) is 17.8 Å². The van der Waals surface area contributed by atoms with E-state index in [1.54, 1.807) is 0 Å². The molecule has 2 N–H and O–H groups in total. The second-order valence-corrected chi connectivity index (χ2v) is 7.07. The largest absolute Gasteiger partial charge is 0.493 e. The fourth-order valence-electron chi connectivity index (χ4n) is 4.06. The average molecular weight is 327 g/mol. The van der Waals surface area contributed by atoms with Crippen molar-refractivity contribution in [2.45, 2.75) is 46.5 Å². The first-order valence-electron chi connectivity index (χ1n) is 8.05. The van der Waals surface area contributed by atoms with Crippen LogP contribution in [0.4, 0.5) is 5.95 Å². The second-order valence-electron chi connectivity index (χ2n) is 7.07. The predicted molar refractivity (Wildman–Crippen MR) is 94.5 cm³/mol. The molecule has 1 aliphatic carbocycles. The summed E-state index contributed by atoms with van der Waals surface area (Å²) in [7, 11) is 0. The third-order valence-corrected chi connectivity index (χ3v) is 5.17. The van der Waals surface area contributed by atoms with Crippen LogP contribution >= 0.6 is 0 Å². The zero-order chi connectivity index (χ0) is 16.2. The van der Waals surface area contributed by atoms with E-state index in [-0.39, 0.29) is 18.7 Å². The lowest BCUT2D eigenvalue weighted by Gasteiger charge is -2.08. The minimum Gasteiger partial charge on any atom is -0.493 e. The van der Waals surface area contributed by atoms with Crippen LogP contribution in [0.3, 0.4) is 0 Å². The van der Waals surface area contributed by atoms with Gasteiger partial charge >= 0.3 is 0 Å². The van der Waals surface area contributed by atoms with Crippen molar-refractivity contribution in [2.75, 3.05) is 11.9 Å². The van der Waals surface area contributed by atoms with Crippen LogP contribution in [0.1, 0.15) is 56.9 Å². The molecular formula is C19H25N3O2. The lowest BCUT2D eigenvalue weighted by Crippen LogP contribution is -2.07. The molecule has 0 bridgehead atoms. The van der Waals surface area contributed by atoms with Gasteiger partial charge in [0.25, 0.3) is 0 Å². The summed E-state index contributed by atoms with van der Waals surface area (Å²) in [5.41, 5.74) is 4.00. The van der Waals surface area contributed by atoms with Gasteiger partial charge in [-0.25, -0.2) is 4.98 Å². The van der Waals surface area contributed by atoms with Gasteiger partial charge in [0.05, 0.1) is 12.8 Å². The fraction of sp³-hybridized carbons (Fsp3) is 0.474. The highest BCUT2D eigenvalue weighted by atomic mass is 16.5. The molecule has 5 heteroatoms. The average Bonchev–Trinajstić information content (AvgIpc) is 2.92. The first-order valence-corrected chi connectivity index (χ1v) is 8.05. The van der Waals surface area contributed by atoms with Gasteiger partial charge in [-0.15, -0.1) is 0 Å². The molecule has 2 aliphatic rings. The molecule has 0 spiro atoms. The number of nitrogens with zero attached hydrogens (tertiary/aromatic N) is 1. The molecule has 2 atom stereocenters. The van der Waals surface area contributed by atoms with E-state index in [9.17, 15) is 4.79 Å². The molecule has 0 saturated heterocycles. The van der Waals surface area contributed by atoms with E-state index in [1.165, 1.54) is 18.1 Å². The number of amides is 1. The number of H-pyrrole nitrogens is 1. The Kier molecular flexibility index (Phi) is 3.90. The highest BCUT2D eigenvalue weighted by Crippen LogP contribution is 2.70. The molecule has 4 rings (SSSR count). The van der Waals surface area contributed by atoms with E-state index in [0.717, 1.165) is 24.5 Å². The van der Waals surface area contributed by atoms with Gasteiger partial charge in [0.2, 0.25) is 11.9 Å². The number of benzene rings is 1. The molecule has 24 heavy (non-hydrogen) atoms. The molecule has 1 fully saturated rings. The van der Waals surface area contributed by atoms with Crippen molar-refractivity contribution in [1.29, 1.82) is 0 Å². The number of rotatable bonds is 3. The number of fused-ring (bicyclic) bond motifs is 1. The first kappa shape index (κ1) is 16.6. The Morgan fingerprint density at radius 2 is 2.17 bits per heavy atom. The molecule has 5 nitrogen and oxygen atoms in total. The highest BCUT2D eigenvalue weighted by molar-refractivity contribution is 5.86. The van der Waals surface area contributed by atoms with Gasteiger partial charge in [0, 0.05) is 30.5 Å². The van der Waals surface area contributed by atoms with E-state index < -0.39 is 0 Å². The topological polar surface area (TPSA) is 67.0 Å². The molecule has 2 heterocycles. The molecule has 0 unspecified atom stereocenters. The molecule has 2 aromatic rings. The molecule has 1 aromatic carbocycles.